The third-order valence-electron chi connectivity index (χ3n) is 3.68. The molecule has 1 aliphatic heterocycles. The van der Waals surface area contributed by atoms with Crippen molar-refractivity contribution >= 4 is 5.91 Å². The molecule has 1 N–H and O–H groups in total. The molecular weight excluding hydrogens is 278 g/mol. The predicted molar refractivity (Wildman–Crippen MR) is 84.1 cm³/mol. The van der Waals surface area contributed by atoms with Gasteiger partial charge in [-0.2, -0.15) is 0 Å². The Bertz CT molecular complexity index is 642. The first kappa shape index (κ1) is 14.4. The van der Waals surface area contributed by atoms with E-state index in [1.165, 1.54) is 0 Å². The highest BCUT2D eigenvalue weighted by Gasteiger charge is 2.26. The van der Waals surface area contributed by atoms with Gasteiger partial charge < -0.3 is 14.8 Å². The molecule has 2 aromatic rings. The number of carbonyl (C=O) groups excluding carboxylic acids is 1. The van der Waals surface area contributed by atoms with E-state index in [1.54, 1.807) is 0 Å². The standard InChI is InChI=1S/C18H19NO3/c1-13(19-18(20)11-14-7-3-2-4-8-14)17-12-21-15-9-5-6-10-16(15)22-17/h2-10,13,17H,11-12H2,1H3,(H,19,20)/t13-,17+/m1/s1. The molecule has 2 aromatic carbocycles. The second-order valence-electron chi connectivity index (χ2n) is 5.43. The van der Waals surface area contributed by atoms with Gasteiger partial charge in [0.1, 0.15) is 6.61 Å². The molecule has 1 amide bonds. The van der Waals surface area contributed by atoms with Crippen LogP contribution in [0.15, 0.2) is 54.6 Å². The number of nitrogens with one attached hydrogen (secondary N) is 1. The van der Waals surface area contributed by atoms with Crippen LogP contribution in [0.1, 0.15) is 12.5 Å². The van der Waals surface area contributed by atoms with E-state index in [9.17, 15) is 4.79 Å². The van der Waals surface area contributed by atoms with E-state index < -0.39 is 0 Å². The molecule has 0 saturated carbocycles. The number of fused-ring (bicyclic) bond motifs is 1. The van der Waals surface area contributed by atoms with E-state index in [0.29, 0.717) is 13.0 Å². The van der Waals surface area contributed by atoms with Gasteiger partial charge in [-0.1, -0.05) is 42.5 Å². The van der Waals surface area contributed by atoms with E-state index >= 15 is 0 Å². The first-order valence-electron chi connectivity index (χ1n) is 7.44. The number of para-hydroxylation sites is 2. The van der Waals surface area contributed by atoms with Gasteiger partial charge >= 0.3 is 0 Å². The summed E-state index contributed by atoms with van der Waals surface area (Å²) in [6.45, 7) is 2.37. The lowest BCUT2D eigenvalue weighted by atomic mass is 10.1. The van der Waals surface area contributed by atoms with E-state index in [0.717, 1.165) is 17.1 Å². The molecule has 0 aromatic heterocycles. The lowest BCUT2D eigenvalue weighted by Gasteiger charge is -2.30. The van der Waals surface area contributed by atoms with Crippen molar-refractivity contribution in [2.24, 2.45) is 0 Å². The van der Waals surface area contributed by atoms with Gasteiger partial charge in [0.2, 0.25) is 5.91 Å². The number of benzene rings is 2. The van der Waals surface area contributed by atoms with Gasteiger partial charge in [0.25, 0.3) is 0 Å². The van der Waals surface area contributed by atoms with Crippen molar-refractivity contribution in [1.29, 1.82) is 0 Å². The minimum atomic E-state index is -0.186. The molecule has 1 aliphatic rings. The Morgan fingerprint density at radius 2 is 1.82 bits per heavy atom. The SMILES string of the molecule is C[C@@H](NC(=O)Cc1ccccc1)[C@@H]1COc2ccccc2O1. The largest absolute Gasteiger partial charge is 0.486 e. The Labute approximate surface area is 130 Å². The predicted octanol–water partition coefficient (Wildman–Crippen LogP) is 2.57. The fourth-order valence-electron chi connectivity index (χ4n) is 2.46. The summed E-state index contributed by atoms with van der Waals surface area (Å²) in [5.41, 5.74) is 0.998. The van der Waals surface area contributed by atoms with Gasteiger partial charge in [0.05, 0.1) is 12.5 Å². The molecule has 4 heteroatoms. The third-order valence-corrected chi connectivity index (χ3v) is 3.68. The van der Waals surface area contributed by atoms with Crippen molar-refractivity contribution in [3.63, 3.8) is 0 Å². The minimum absolute atomic E-state index is 0.0128. The monoisotopic (exact) mass is 297 g/mol. The zero-order chi connectivity index (χ0) is 15.4. The summed E-state index contributed by atoms with van der Waals surface area (Å²) in [5, 5.41) is 2.98. The molecule has 4 nitrogen and oxygen atoms in total. The summed E-state index contributed by atoms with van der Waals surface area (Å²) < 4.78 is 11.6. The topological polar surface area (TPSA) is 47.6 Å². The summed E-state index contributed by atoms with van der Waals surface area (Å²) in [4.78, 5) is 12.1. The van der Waals surface area contributed by atoms with Gasteiger partial charge in [-0.25, -0.2) is 0 Å². The number of carbonyl (C=O) groups is 1. The van der Waals surface area contributed by atoms with Crippen LogP contribution in [-0.2, 0) is 11.2 Å². The van der Waals surface area contributed by atoms with E-state index in [-0.39, 0.29) is 18.1 Å². The van der Waals surface area contributed by atoms with Crippen LogP contribution in [0, 0.1) is 0 Å². The molecule has 0 bridgehead atoms. The first-order valence-corrected chi connectivity index (χ1v) is 7.44. The second-order valence-corrected chi connectivity index (χ2v) is 5.43. The maximum absolute atomic E-state index is 12.1. The average Bonchev–Trinajstić information content (AvgIpc) is 2.55. The molecule has 1 heterocycles. The molecule has 0 radical (unpaired) electrons. The molecule has 3 rings (SSSR count). The lowest BCUT2D eigenvalue weighted by Crippen LogP contribution is -2.48. The van der Waals surface area contributed by atoms with Crippen molar-refractivity contribution in [2.45, 2.75) is 25.5 Å². The van der Waals surface area contributed by atoms with Crippen LogP contribution in [0.5, 0.6) is 11.5 Å². The van der Waals surface area contributed by atoms with Crippen LogP contribution in [0.2, 0.25) is 0 Å². The number of hydrogen-bond donors (Lipinski definition) is 1. The molecule has 0 saturated heterocycles. The first-order chi connectivity index (χ1) is 10.7. The molecule has 0 fully saturated rings. The Morgan fingerprint density at radius 1 is 1.14 bits per heavy atom. The van der Waals surface area contributed by atoms with E-state index in [2.05, 4.69) is 5.32 Å². The van der Waals surface area contributed by atoms with Gasteiger partial charge in [-0.3, -0.25) is 4.79 Å². The Hall–Kier alpha value is -2.49. The van der Waals surface area contributed by atoms with E-state index in [1.807, 2.05) is 61.5 Å². The Balaban J connectivity index is 1.56. The highest BCUT2D eigenvalue weighted by molar-refractivity contribution is 5.78. The van der Waals surface area contributed by atoms with Gasteiger partial charge in [-0.15, -0.1) is 0 Å². The quantitative estimate of drug-likeness (QED) is 0.943. The van der Waals surface area contributed by atoms with Gasteiger partial charge in [0, 0.05) is 0 Å². The zero-order valence-corrected chi connectivity index (χ0v) is 12.5. The maximum atomic E-state index is 12.1. The highest BCUT2D eigenvalue weighted by atomic mass is 16.6. The number of ether oxygens (including phenoxy) is 2. The number of rotatable bonds is 4. The Kier molecular flexibility index (Phi) is 4.28. The summed E-state index contributed by atoms with van der Waals surface area (Å²) in [6.07, 6.45) is 0.185. The summed E-state index contributed by atoms with van der Waals surface area (Å²) in [5.74, 6) is 1.46. The Morgan fingerprint density at radius 3 is 2.59 bits per heavy atom. The molecule has 2 atom stereocenters. The molecule has 0 spiro atoms. The molecule has 22 heavy (non-hydrogen) atoms. The summed E-state index contributed by atoms with van der Waals surface area (Å²) in [7, 11) is 0. The van der Waals surface area contributed by atoms with E-state index in [4.69, 9.17) is 9.47 Å². The number of hydrogen-bond acceptors (Lipinski definition) is 3. The normalized spacial score (nSPS) is 17.6. The van der Waals surface area contributed by atoms with Crippen molar-refractivity contribution in [3.8, 4) is 11.5 Å². The zero-order valence-electron chi connectivity index (χ0n) is 12.5. The fourth-order valence-corrected chi connectivity index (χ4v) is 2.46. The van der Waals surface area contributed by atoms with Gasteiger partial charge in [-0.05, 0) is 24.6 Å². The van der Waals surface area contributed by atoms with Crippen LogP contribution < -0.4 is 14.8 Å². The number of amides is 1. The molecule has 0 aliphatic carbocycles. The summed E-state index contributed by atoms with van der Waals surface area (Å²) >= 11 is 0. The molecule has 0 unspecified atom stereocenters. The van der Waals surface area contributed by atoms with Crippen LogP contribution in [0.25, 0.3) is 0 Å². The minimum Gasteiger partial charge on any atom is -0.486 e. The molecule has 114 valence electrons. The van der Waals surface area contributed by atoms with Gasteiger partial charge in [0.15, 0.2) is 17.6 Å². The fraction of sp³-hybridized carbons (Fsp3) is 0.278. The maximum Gasteiger partial charge on any atom is 0.224 e. The van der Waals surface area contributed by atoms with Crippen molar-refractivity contribution in [1.82, 2.24) is 5.32 Å². The second kappa shape index (κ2) is 6.52. The highest BCUT2D eigenvalue weighted by Crippen LogP contribution is 2.31. The van der Waals surface area contributed by atoms with Crippen LogP contribution in [-0.4, -0.2) is 24.7 Å². The van der Waals surface area contributed by atoms with Crippen molar-refractivity contribution in [3.05, 3.63) is 60.2 Å². The van der Waals surface area contributed by atoms with Crippen LogP contribution in [0.4, 0.5) is 0 Å². The van der Waals surface area contributed by atoms with Crippen LogP contribution >= 0.6 is 0 Å². The van der Waals surface area contributed by atoms with Crippen LogP contribution in [0.3, 0.4) is 0 Å². The third kappa shape index (κ3) is 3.39. The van der Waals surface area contributed by atoms with Crippen molar-refractivity contribution in [2.75, 3.05) is 6.61 Å². The summed E-state index contributed by atoms with van der Waals surface area (Å²) in [6, 6.07) is 17.1. The molecular formula is C18H19NO3. The smallest absolute Gasteiger partial charge is 0.224 e. The lowest BCUT2D eigenvalue weighted by molar-refractivity contribution is -0.121. The average molecular weight is 297 g/mol. The van der Waals surface area contributed by atoms with Crippen molar-refractivity contribution < 1.29 is 14.3 Å².